The van der Waals surface area contributed by atoms with Gasteiger partial charge in [-0.2, -0.15) is 0 Å². The number of allylic oxidation sites excluding steroid dienone is 1. The molecule has 0 radical (unpaired) electrons. The minimum atomic E-state index is -0.716. The average Bonchev–Trinajstić information content (AvgIpc) is 2.24. The zero-order valence-corrected chi connectivity index (χ0v) is 7.43. The van der Waals surface area contributed by atoms with Crippen LogP contribution in [-0.2, 0) is 0 Å². The van der Waals surface area contributed by atoms with Crippen LogP contribution in [-0.4, -0.2) is 16.1 Å². The Morgan fingerprint density at radius 1 is 1.78 bits per heavy atom. The molecule has 9 heavy (non-hydrogen) atoms. The Morgan fingerprint density at radius 2 is 2.44 bits per heavy atom. The first-order valence-electron chi connectivity index (χ1n) is 2.74. The molecule has 2 unspecified atom stereocenters. The predicted molar refractivity (Wildman–Crippen MR) is 46.3 cm³/mol. The van der Waals surface area contributed by atoms with Gasteiger partial charge in [-0.15, -0.1) is 9.83 Å². The molecule has 2 heterocycles. The third-order valence-electron chi connectivity index (χ3n) is 1.55. The van der Waals surface area contributed by atoms with Crippen molar-refractivity contribution in [1.29, 1.82) is 0 Å². The lowest BCUT2D eigenvalue weighted by molar-refractivity contribution is 0.919. The zero-order chi connectivity index (χ0) is 6.65. The molecule has 2 aliphatic heterocycles. The summed E-state index contributed by atoms with van der Waals surface area (Å²) in [4.78, 5) is 4.24. The highest BCUT2D eigenvalue weighted by Gasteiger charge is 2.42. The first kappa shape index (κ1) is 5.75. The third kappa shape index (κ3) is 0.593. The van der Waals surface area contributed by atoms with Crippen LogP contribution in [0.15, 0.2) is 16.5 Å². The van der Waals surface area contributed by atoms with Crippen molar-refractivity contribution in [2.24, 2.45) is 4.99 Å². The van der Waals surface area contributed by atoms with Crippen LogP contribution in [0.4, 0.5) is 0 Å². The van der Waals surface area contributed by atoms with E-state index in [0.29, 0.717) is 0 Å². The topological polar surface area (TPSA) is 15.4 Å². The van der Waals surface area contributed by atoms with Crippen molar-refractivity contribution in [3.63, 3.8) is 0 Å². The Labute approximate surface area is 58.4 Å². The molecule has 0 spiro atoms. The maximum absolute atomic E-state index is 4.24. The fourth-order valence-electron chi connectivity index (χ4n) is 1.05. The van der Waals surface area contributed by atoms with Crippen molar-refractivity contribution in [3.05, 3.63) is 11.5 Å². The number of hydrogen-bond acceptors (Lipinski definition) is 2. The lowest BCUT2D eigenvalue weighted by Gasteiger charge is -2.25. The second-order valence-electron chi connectivity index (χ2n) is 2.44. The second kappa shape index (κ2) is 1.35. The van der Waals surface area contributed by atoms with E-state index in [9.17, 15) is 0 Å². The summed E-state index contributed by atoms with van der Waals surface area (Å²) >= 11 is 0. The number of rotatable bonds is 0. The number of nitrogens with zero attached hydrogens (tertiary/aromatic N) is 2. The summed E-state index contributed by atoms with van der Waals surface area (Å²) in [6.45, 7) is 2.11. The van der Waals surface area contributed by atoms with Gasteiger partial charge >= 0.3 is 0 Å². The van der Waals surface area contributed by atoms with Gasteiger partial charge in [-0.05, 0) is 13.2 Å². The minimum absolute atomic E-state index is 0.716. The van der Waals surface area contributed by atoms with Crippen LogP contribution in [0.5, 0.6) is 0 Å². The van der Waals surface area contributed by atoms with E-state index in [2.05, 4.69) is 30.9 Å². The summed E-state index contributed by atoms with van der Waals surface area (Å²) in [5.74, 6) is 1.20. The molecule has 0 bridgehead atoms. The Morgan fingerprint density at radius 3 is 2.67 bits per heavy atom. The fourth-order valence-corrected chi connectivity index (χ4v) is 3.60. The van der Waals surface area contributed by atoms with Gasteiger partial charge < -0.3 is 0 Å². The molecule has 2 rings (SSSR count). The SMILES string of the molecule is CC1=C2N=CS(C)(P)N12. The lowest BCUT2D eigenvalue weighted by atomic mass is 10.7. The van der Waals surface area contributed by atoms with Crippen LogP contribution in [0.25, 0.3) is 0 Å². The molecule has 0 fully saturated rings. The summed E-state index contributed by atoms with van der Waals surface area (Å²) in [6.07, 6.45) is 2.21. The molecular weight excluding hydrogens is 151 g/mol. The van der Waals surface area contributed by atoms with E-state index in [1.54, 1.807) is 0 Å². The number of hydrogen-bond donors (Lipinski definition) is 0. The summed E-state index contributed by atoms with van der Waals surface area (Å²) in [5.41, 5.74) is 3.39. The van der Waals surface area contributed by atoms with Crippen molar-refractivity contribution < 1.29 is 0 Å². The van der Waals surface area contributed by atoms with Crippen molar-refractivity contribution in [3.8, 4) is 0 Å². The number of aliphatic imine (C=N–C) groups is 1. The van der Waals surface area contributed by atoms with Gasteiger partial charge in [-0.3, -0.25) is 4.31 Å². The van der Waals surface area contributed by atoms with E-state index in [-0.39, 0.29) is 0 Å². The zero-order valence-electron chi connectivity index (χ0n) is 5.46. The molecule has 2 atom stereocenters. The molecule has 0 saturated carbocycles. The highest BCUT2D eigenvalue weighted by molar-refractivity contribution is 8.74. The van der Waals surface area contributed by atoms with Crippen LogP contribution in [0.2, 0.25) is 0 Å². The average molecular weight is 160 g/mol. The number of fused-ring (bicyclic) bond motifs is 1. The van der Waals surface area contributed by atoms with Crippen LogP contribution < -0.4 is 0 Å². The Bertz CT molecular complexity index is 231. The maximum atomic E-state index is 4.24. The Balaban J connectivity index is 2.36. The normalized spacial score (nSPS) is 45.0. The molecule has 0 aromatic heterocycles. The Kier molecular flexibility index (Phi) is 0.864. The van der Waals surface area contributed by atoms with Crippen molar-refractivity contribution in [2.75, 3.05) is 6.26 Å². The monoisotopic (exact) mass is 160 g/mol. The van der Waals surface area contributed by atoms with Crippen LogP contribution in [0, 0.1) is 0 Å². The van der Waals surface area contributed by atoms with Crippen molar-refractivity contribution >= 4 is 23.8 Å². The molecular formula is C5H9N2PS. The standard InChI is InChI=1S/C5H9N2PS/c1-4-5-6-3-9(2,8)7(4)5/h3H,8H2,1-2H3. The van der Waals surface area contributed by atoms with Gasteiger partial charge in [0.25, 0.3) is 0 Å². The van der Waals surface area contributed by atoms with Crippen LogP contribution >= 0.6 is 18.3 Å². The molecule has 0 N–H and O–H groups in total. The lowest BCUT2D eigenvalue weighted by Crippen LogP contribution is -1.98. The molecule has 0 amide bonds. The van der Waals surface area contributed by atoms with Gasteiger partial charge in [0.15, 0.2) is 5.82 Å². The largest absolute Gasteiger partial charge is 0.279 e. The van der Waals surface area contributed by atoms with Gasteiger partial charge in [0.05, 0.1) is 11.2 Å². The van der Waals surface area contributed by atoms with E-state index >= 15 is 0 Å². The molecule has 0 aliphatic carbocycles. The summed E-state index contributed by atoms with van der Waals surface area (Å²) < 4.78 is 2.29. The van der Waals surface area contributed by atoms with Gasteiger partial charge in [0.2, 0.25) is 0 Å². The third-order valence-corrected chi connectivity index (χ3v) is 4.32. The van der Waals surface area contributed by atoms with Crippen LogP contribution in [0.1, 0.15) is 6.92 Å². The first-order valence-corrected chi connectivity index (χ1v) is 6.28. The fraction of sp³-hybridized carbons (Fsp3) is 0.400. The second-order valence-corrected chi connectivity index (χ2v) is 7.88. The predicted octanol–water partition coefficient (Wildman–Crippen LogP) is 1.67. The van der Waals surface area contributed by atoms with Crippen LogP contribution in [0.3, 0.4) is 0 Å². The summed E-state index contributed by atoms with van der Waals surface area (Å²) in [7, 11) is 2.14. The molecule has 0 saturated heterocycles. The van der Waals surface area contributed by atoms with Crippen molar-refractivity contribution in [2.45, 2.75) is 6.92 Å². The van der Waals surface area contributed by atoms with E-state index in [1.807, 2.05) is 5.55 Å². The summed E-state index contributed by atoms with van der Waals surface area (Å²) in [6, 6.07) is 0. The highest BCUT2D eigenvalue weighted by atomic mass is 32.8. The van der Waals surface area contributed by atoms with E-state index < -0.39 is 9.83 Å². The van der Waals surface area contributed by atoms with E-state index in [0.717, 1.165) is 0 Å². The first-order chi connectivity index (χ1) is 4.13. The quantitative estimate of drug-likeness (QED) is 0.492. The summed E-state index contributed by atoms with van der Waals surface area (Å²) in [5, 5.41) is 0. The molecule has 50 valence electrons. The van der Waals surface area contributed by atoms with E-state index in [4.69, 9.17) is 0 Å². The Hall–Kier alpha value is -0.0100. The minimum Gasteiger partial charge on any atom is -0.279 e. The van der Waals surface area contributed by atoms with Crippen molar-refractivity contribution in [1.82, 2.24) is 4.31 Å². The molecule has 2 nitrogen and oxygen atoms in total. The highest BCUT2D eigenvalue weighted by Crippen LogP contribution is 2.67. The van der Waals surface area contributed by atoms with Gasteiger partial charge in [-0.1, -0.05) is 8.44 Å². The van der Waals surface area contributed by atoms with Gasteiger partial charge in [0, 0.05) is 0 Å². The molecule has 2 aliphatic rings. The molecule has 0 aromatic rings. The van der Waals surface area contributed by atoms with Gasteiger partial charge in [0.1, 0.15) is 0 Å². The molecule has 4 heteroatoms. The maximum Gasteiger partial charge on any atom is 0.163 e. The smallest absolute Gasteiger partial charge is 0.163 e. The van der Waals surface area contributed by atoms with E-state index in [1.165, 1.54) is 11.5 Å². The molecule has 0 aromatic carbocycles. The van der Waals surface area contributed by atoms with Gasteiger partial charge in [-0.25, -0.2) is 4.99 Å².